The third kappa shape index (κ3) is 1.86. The van der Waals surface area contributed by atoms with Crippen LogP contribution >= 0.6 is 0 Å². The summed E-state index contributed by atoms with van der Waals surface area (Å²) in [5.74, 6) is 0. The zero-order valence-electron chi connectivity index (χ0n) is 12.5. The van der Waals surface area contributed by atoms with Gasteiger partial charge >= 0.3 is 0 Å². The summed E-state index contributed by atoms with van der Waals surface area (Å²) in [4.78, 5) is 0. The van der Waals surface area contributed by atoms with Crippen molar-refractivity contribution in [1.82, 2.24) is 0 Å². The first-order valence-electron chi connectivity index (χ1n) is 7.51. The zero-order chi connectivity index (χ0) is 15.1. The number of nitrogen functional groups attached to an aromatic ring is 1. The van der Waals surface area contributed by atoms with Crippen LogP contribution in [0.1, 0.15) is 5.56 Å². The highest BCUT2D eigenvalue weighted by atomic mass is 14.6. The van der Waals surface area contributed by atoms with Gasteiger partial charge in [0.25, 0.3) is 0 Å². The lowest BCUT2D eigenvalue weighted by Crippen LogP contribution is -1.94. The number of hydrogen-bond donors (Lipinski definition) is 1. The van der Waals surface area contributed by atoms with Crippen molar-refractivity contribution in [2.24, 2.45) is 0 Å². The molecule has 2 N–H and O–H groups in total. The Balaban J connectivity index is 2.20. The Bertz CT molecular complexity index is 982. The van der Waals surface area contributed by atoms with Crippen molar-refractivity contribution in [3.63, 3.8) is 0 Å². The van der Waals surface area contributed by atoms with Gasteiger partial charge in [0.2, 0.25) is 0 Å². The van der Waals surface area contributed by atoms with Gasteiger partial charge in [-0.25, -0.2) is 0 Å². The standard InChI is InChI=1S/C21H17N/c1-14-10-12-15(13-11-14)20-18-8-4-2-6-16(18)17-7-3-5-9-19(17)21(20)22/h2-13H,22H2,1H3. The van der Waals surface area contributed by atoms with Crippen molar-refractivity contribution < 1.29 is 0 Å². The first-order valence-corrected chi connectivity index (χ1v) is 7.51. The summed E-state index contributed by atoms with van der Waals surface area (Å²) < 4.78 is 0. The van der Waals surface area contributed by atoms with Gasteiger partial charge in [-0.1, -0.05) is 78.4 Å². The van der Waals surface area contributed by atoms with Crippen LogP contribution in [0.3, 0.4) is 0 Å². The van der Waals surface area contributed by atoms with E-state index in [1.165, 1.54) is 27.3 Å². The molecule has 0 spiro atoms. The lowest BCUT2D eigenvalue weighted by Gasteiger charge is -2.15. The van der Waals surface area contributed by atoms with E-state index in [0.717, 1.165) is 16.6 Å². The van der Waals surface area contributed by atoms with Gasteiger partial charge in [-0.3, -0.25) is 0 Å². The molecule has 4 aromatic carbocycles. The summed E-state index contributed by atoms with van der Waals surface area (Å²) >= 11 is 0. The molecule has 0 amide bonds. The number of benzene rings is 4. The fraction of sp³-hybridized carbons (Fsp3) is 0.0476. The normalized spacial score (nSPS) is 11.1. The predicted octanol–water partition coefficient (Wildman–Crippen LogP) is 5.55. The van der Waals surface area contributed by atoms with Crippen LogP contribution in [-0.2, 0) is 0 Å². The molecule has 1 heteroatoms. The van der Waals surface area contributed by atoms with Crippen LogP contribution in [-0.4, -0.2) is 0 Å². The minimum Gasteiger partial charge on any atom is -0.398 e. The van der Waals surface area contributed by atoms with Crippen molar-refractivity contribution in [2.75, 3.05) is 5.73 Å². The van der Waals surface area contributed by atoms with Gasteiger partial charge in [0.15, 0.2) is 0 Å². The Hall–Kier alpha value is -2.80. The van der Waals surface area contributed by atoms with Crippen LogP contribution in [0.5, 0.6) is 0 Å². The van der Waals surface area contributed by atoms with Crippen LogP contribution in [0.4, 0.5) is 5.69 Å². The van der Waals surface area contributed by atoms with E-state index in [1.807, 2.05) is 6.07 Å². The second-order valence-electron chi connectivity index (χ2n) is 5.75. The van der Waals surface area contributed by atoms with E-state index in [-0.39, 0.29) is 0 Å². The maximum absolute atomic E-state index is 6.56. The highest BCUT2D eigenvalue weighted by Crippen LogP contribution is 2.40. The Morgan fingerprint density at radius 1 is 0.591 bits per heavy atom. The summed E-state index contributed by atoms with van der Waals surface area (Å²) in [5.41, 5.74) is 11.0. The van der Waals surface area contributed by atoms with E-state index in [9.17, 15) is 0 Å². The van der Waals surface area contributed by atoms with Crippen LogP contribution in [0.2, 0.25) is 0 Å². The molecule has 0 saturated heterocycles. The van der Waals surface area contributed by atoms with Gasteiger partial charge < -0.3 is 5.73 Å². The zero-order valence-corrected chi connectivity index (χ0v) is 12.5. The molecule has 0 aliphatic rings. The molecular weight excluding hydrogens is 266 g/mol. The number of hydrogen-bond acceptors (Lipinski definition) is 1. The van der Waals surface area contributed by atoms with Gasteiger partial charge in [-0.2, -0.15) is 0 Å². The largest absolute Gasteiger partial charge is 0.398 e. The Morgan fingerprint density at radius 3 is 1.73 bits per heavy atom. The van der Waals surface area contributed by atoms with E-state index in [4.69, 9.17) is 5.73 Å². The van der Waals surface area contributed by atoms with Gasteiger partial charge in [0, 0.05) is 16.6 Å². The molecule has 22 heavy (non-hydrogen) atoms. The van der Waals surface area contributed by atoms with Crippen molar-refractivity contribution in [3.8, 4) is 11.1 Å². The first-order chi connectivity index (χ1) is 10.8. The van der Waals surface area contributed by atoms with Crippen molar-refractivity contribution in [1.29, 1.82) is 0 Å². The van der Waals surface area contributed by atoms with Crippen molar-refractivity contribution >= 4 is 27.2 Å². The summed E-state index contributed by atoms with van der Waals surface area (Å²) in [6.07, 6.45) is 0. The summed E-state index contributed by atoms with van der Waals surface area (Å²) in [6.45, 7) is 2.10. The topological polar surface area (TPSA) is 26.0 Å². The molecule has 0 heterocycles. The van der Waals surface area contributed by atoms with E-state index in [0.29, 0.717) is 0 Å². The second kappa shape index (κ2) is 4.88. The van der Waals surface area contributed by atoms with E-state index in [1.54, 1.807) is 0 Å². The molecular formula is C21H17N. The molecule has 0 aliphatic heterocycles. The fourth-order valence-corrected chi connectivity index (χ4v) is 3.20. The predicted molar refractivity (Wildman–Crippen MR) is 96.0 cm³/mol. The minimum atomic E-state index is 0.859. The van der Waals surface area contributed by atoms with Gasteiger partial charge in [0.1, 0.15) is 0 Å². The summed E-state index contributed by atoms with van der Waals surface area (Å²) in [6, 6.07) is 25.5. The maximum atomic E-state index is 6.56. The minimum absolute atomic E-state index is 0.859. The smallest absolute Gasteiger partial charge is 0.0479 e. The summed E-state index contributed by atoms with van der Waals surface area (Å²) in [5, 5.41) is 4.80. The van der Waals surface area contributed by atoms with Crippen LogP contribution < -0.4 is 5.73 Å². The second-order valence-corrected chi connectivity index (χ2v) is 5.75. The molecule has 1 nitrogen and oxygen atoms in total. The lowest BCUT2D eigenvalue weighted by atomic mass is 9.91. The molecule has 0 unspecified atom stereocenters. The monoisotopic (exact) mass is 283 g/mol. The average molecular weight is 283 g/mol. The molecule has 4 aromatic rings. The third-order valence-corrected chi connectivity index (χ3v) is 4.31. The summed E-state index contributed by atoms with van der Waals surface area (Å²) in [7, 11) is 0. The molecule has 4 rings (SSSR count). The van der Waals surface area contributed by atoms with Crippen LogP contribution in [0, 0.1) is 6.92 Å². The van der Waals surface area contributed by atoms with Gasteiger partial charge in [-0.05, 0) is 28.6 Å². The number of fused-ring (bicyclic) bond motifs is 3. The van der Waals surface area contributed by atoms with E-state index < -0.39 is 0 Å². The molecule has 0 fully saturated rings. The van der Waals surface area contributed by atoms with Gasteiger partial charge in [0.05, 0.1) is 0 Å². The quantitative estimate of drug-likeness (QED) is 0.359. The molecule has 0 saturated carbocycles. The molecule has 0 aliphatic carbocycles. The molecule has 0 radical (unpaired) electrons. The maximum Gasteiger partial charge on any atom is 0.0479 e. The highest BCUT2D eigenvalue weighted by Gasteiger charge is 2.13. The molecule has 0 bridgehead atoms. The Kier molecular flexibility index (Phi) is 2.87. The van der Waals surface area contributed by atoms with Crippen molar-refractivity contribution in [2.45, 2.75) is 6.92 Å². The van der Waals surface area contributed by atoms with Crippen LogP contribution in [0.25, 0.3) is 32.7 Å². The van der Waals surface area contributed by atoms with Gasteiger partial charge in [-0.15, -0.1) is 0 Å². The number of anilines is 1. The third-order valence-electron chi connectivity index (χ3n) is 4.31. The number of rotatable bonds is 1. The number of nitrogens with two attached hydrogens (primary N) is 1. The average Bonchev–Trinajstić information content (AvgIpc) is 2.57. The van der Waals surface area contributed by atoms with Crippen LogP contribution in [0.15, 0.2) is 72.8 Å². The highest BCUT2D eigenvalue weighted by molar-refractivity contribution is 6.20. The Morgan fingerprint density at radius 2 is 1.09 bits per heavy atom. The van der Waals surface area contributed by atoms with E-state index in [2.05, 4.69) is 73.7 Å². The van der Waals surface area contributed by atoms with Crippen molar-refractivity contribution in [3.05, 3.63) is 78.4 Å². The molecule has 0 aromatic heterocycles. The number of aryl methyl sites for hydroxylation is 1. The molecule has 0 atom stereocenters. The Labute approximate surface area is 130 Å². The van der Waals surface area contributed by atoms with E-state index >= 15 is 0 Å². The fourth-order valence-electron chi connectivity index (χ4n) is 3.20. The SMILES string of the molecule is Cc1ccc(-c2c(N)c3ccccc3c3ccccc23)cc1. The lowest BCUT2D eigenvalue weighted by molar-refractivity contribution is 1.47. The molecule has 106 valence electrons. The first kappa shape index (κ1) is 12.9.